The molecule has 0 saturated carbocycles. The first kappa shape index (κ1) is 14.9. The molecule has 2 heterocycles. The molecule has 2 aromatic heterocycles. The van der Waals surface area contributed by atoms with E-state index in [0.29, 0.717) is 16.4 Å². The molecular weight excluding hydrogens is 310 g/mol. The Morgan fingerprint density at radius 1 is 1.17 bits per heavy atom. The second-order valence-corrected chi connectivity index (χ2v) is 6.05. The Kier molecular flexibility index (Phi) is 3.91. The monoisotopic (exact) mass is 323 g/mol. The molecule has 0 fully saturated rings. The summed E-state index contributed by atoms with van der Waals surface area (Å²) in [4.78, 5) is 21.5. The standard InChI is InChI=1S/C16H13N5OS/c1-9-5-11(8-17)7-12(6-9)19-15(22)21-16-20-13-4-3-10(2)18-14(13)23-16/h3-7H,1-2H3,(H2,19,20,21,22). The van der Waals surface area contributed by atoms with Crippen molar-refractivity contribution in [2.45, 2.75) is 13.8 Å². The quantitative estimate of drug-likeness (QED) is 0.750. The number of rotatable bonds is 2. The number of nitrogens with one attached hydrogen (secondary N) is 2. The van der Waals surface area contributed by atoms with Gasteiger partial charge in [-0.25, -0.2) is 14.8 Å². The minimum Gasteiger partial charge on any atom is -0.308 e. The van der Waals surface area contributed by atoms with Gasteiger partial charge in [0.15, 0.2) is 5.13 Å². The van der Waals surface area contributed by atoms with Gasteiger partial charge < -0.3 is 5.32 Å². The predicted molar refractivity (Wildman–Crippen MR) is 90.7 cm³/mol. The second-order valence-electron chi connectivity index (χ2n) is 5.07. The van der Waals surface area contributed by atoms with Gasteiger partial charge in [-0.05, 0) is 49.7 Å². The second kappa shape index (κ2) is 6.02. The van der Waals surface area contributed by atoms with Crippen molar-refractivity contribution in [3.05, 3.63) is 47.2 Å². The van der Waals surface area contributed by atoms with Crippen LogP contribution < -0.4 is 10.6 Å². The Hall–Kier alpha value is -2.98. The Bertz CT molecular complexity index is 941. The number of urea groups is 1. The van der Waals surface area contributed by atoms with Gasteiger partial charge in [0.2, 0.25) is 0 Å². The fourth-order valence-electron chi connectivity index (χ4n) is 2.14. The lowest BCUT2D eigenvalue weighted by molar-refractivity contribution is 0.262. The van der Waals surface area contributed by atoms with Gasteiger partial charge in [0.1, 0.15) is 10.3 Å². The molecular formula is C16H13N5OS. The van der Waals surface area contributed by atoms with Crippen LogP contribution in [0.3, 0.4) is 0 Å². The summed E-state index contributed by atoms with van der Waals surface area (Å²) in [5, 5.41) is 14.8. The summed E-state index contributed by atoms with van der Waals surface area (Å²) in [6, 6.07) is 10.6. The summed E-state index contributed by atoms with van der Waals surface area (Å²) in [5.74, 6) is 0. The zero-order valence-electron chi connectivity index (χ0n) is 12.5. The molecule has 2 amide bonds. The molecule has 0 aliphatic rings. The maximum atomic E-state index is 12.1. The maximum absolute atomic E-state index is 12.1. The summed E-state index contributed by atoms with van der Waals surface area (Å²) >= 11 is 1.31. The van der Waals surface area contributed by atoms with Gasteiger partial charge in [0.25, 0.3) is 0 Å². The zero-order valence-corrected chi connectivity index (χ0v) is 13.4. The number of benzene rings is 1. The van der Waals surface area contributed by atoms with E-state index >= 15 is 0 Å². The lowest BCUT2D eigenvalue weighted by atomic mass is 10.1. The fraction of sp³-hybridized carbons (Fsp3) is 0.125. The third kappa shape index (κ3) is 3.44. The molecule has 0 aliphatic heterocycles. The molecule has 0 aliphatic carbocycles. The molecule has 0 spiro atoms. The highest BCUT2D eigenvalue weighted by Gasteiger charge is 2.09. The zero-order chi connectivity index (χ0) is 16.4. The number of amides is 2. The van der Waals surface area contributed by atoms with Crippen LogP contribution in [0.2, 0.25) is 0 Å². The van der Waals surface area contributed by atoms with E-state index in [9.17, 15) is 4.79 Å². The first-order valence-corrected chi connectivity index (χ1v) is 7.69. The van der Waals surface area contributed by atoms with Gasteiger partial charge in [0, 0.05) is 11.4 Å². The summed E-state index contributed by atoms with van der Waals surface area (Å²) in [5.41, 5.74) is 3.62. The number of thiazole rings is 1. The largest absolute Gasteiger partial charge is 0.325 e. The minimum absolute atomic E-state index is 0.407. The molecule has 0 unspecified atom stereocenters. The molecule has 6 nitrogen and oxygen atoms in total. The van der Waals surface area contributed by atoms with Crippen LogP contribution in [0.1, 0.15) is 16.8 Å². The summed E-state index contributed by atoms with van der Waals surface area (Å²) in [7, 11) is 0. The van der Waals surface area contributed by atoms with Gasteiger partial charge in [-0.1, -0.05) is 11.3 Å². The summed E-state index contributed by atoms with van der Waals surface area (Å²) in [6.45, 7) is 3.77. The highest BCUT2D eigenvalue weighted by atomic mass is 32.1. The van der Waals surface area contributed by atoms with E-state index in [1.807, 2.05) is 26.0 Å². The van der Waals surface area contributed by atoms with E-state index < -0.39 is 6.03 Å². The number of nitrogens with zero attached hydrogens (tertiary/aromatic N) is 3. The molecule has 23 heavy (non-hydrogen) atoms. The average Bonchev–Trinajstić information content (AvgIpc) is 2.87. The van der Waals surface area contributed by atoms with E-state index in [1.165, 1.54) is 11.3 Å². The van der Waals surface area contributed by atoms with Crippen molar-refractivity contribution in [1.29, 1.82) is 5.26 Å². The molecule has 0 bridgehead atoms. The minimum atomic E-state index is -0.407. The Labute approximate surface area is 136 Å². The van der Waals surface area contributed by atoms with Crippen molar-refractivity contribution >= 4 is 38.5 Å². The highest BCUT2D eigenvalue weighted by Crippen LogP contribution is 2.24. The number of nitriles is 1. The number of hydrogen-bond acceptors (Lipinski definition) is 5. The third-order valence-corrected chi connectivity index (χ3v) is 3.96. The first-order valence-electron chi connectivity index (χ1n) is 6.87. The lowest BCUT2D eigenvalue weighted by Crippen LogP contribution is -2.19. The van der Waals surface area contributed by atoms with E-state index in [2.05, 4.69) is 26.7 Å². The number of pyridine rings is 1. The number of aryl methyl sites for hydroxylation is 2. The van der Waals surface area contributed by atoms with Crippen LogP contribution in [-0.4, -0.2) is 16.0 Å². The molecule has 0 atom stereocenters. The molecule has 7 heteroatoms. The van der Waals surface area contributed by atoms with Crippen molar-refractivity contribution in [2.24, 2.45) is 0 Å². The van der Waals surface area contributed by atoms with Gasteiger partial charge in [-0.3, -0.25) is 5.32 Å². The van der Waals surface area contributed by atoms with Gasteiger partial charge in [-0.2, -0.15) is 5.26 Å². The van der Waals surface area contributed by atoms with Crippen molar-refractivity contribution in [2.75, 3.05) is 10.6 Å². The number of fused-ring (bicyclic) bond motifs is 1. The Balaban J connectivity index is 1.76. The highest BCUT2D eigenvalue weighted by molar-refractivity contribution is 7.21. The van der Waals surface area contributed by atoms with Crippen molar-refractivity contribution in [3.8, 4) is 6.07 Å². The Morgan fingerprint density at radius 3 is 2.78 bits per heavy atom. The molecule has 0 saturated heterocycles. The van der Waals surface area contributed by atoms with E-state index in [0.717, 1.165) is 21.6 Å². The SMILES string of the molecule is Cc1cc(C#N)cc(NC(=O)Nc2nc3ccc(C)nc3s2)c1. The van der Waals surface area contributed by atoms with E-state index in [1.54, 1.807) is 18.2 Å². The summed E-state index contributed by atoms with van der Waals surface area (Å²) < 4.78 is 0. The van der Waals surface area contributed by atoms with Gasteiger partial charge in [0.05, 0.1) is 11.6 Å². The van der Waals surface area contributed by atoms with Crippen LogP contribution in [0.5, 0.6) is 0 Å². The number of hydrogen-bond donors (Lipinski definition) is 2. The molecule has 0 radical (unpaired) electrons. The van der Waals surface area contributed by atoms with Crippen LogP contribution in [0.4, 0.5) is 15.6 Å². The Morgan fingerprint density at radius 2 is 2.00 bits per heavy atom. The van der Waals surface area contributed by atoms with Crippen molar-refractivity contribution in [3.63, 3.8) is 0 Å². The van der Waals surface area contributed by atoms with Crippen LogP contribution in [0.25, 0.3) is 10.3 Å². The topological polar surface area (TPSA) is 90.7 Å². The van der Waals surface area contributed by atoms with Crippen molar-refractivity contribution < 1.29 is 4.79 Å². The predicted octanol–water partition coefficient (Wildman–Crippen LogP) is 3.82. The number of carbonyl (C=O) groups is 1. The lowest BCUT2D eigenvalue weighted by Gasteiger charge is -2.06. The van der Waals surface area contributed by atoms with E-state index in [4.69, 9.17) is 5.26 Å². The molecule has 3 aromatic rings. The summed E-state index contributed by atoms with van der Waals surface area (Å²) in [6.07, 6.45) is 0. The molecule has 2 N–H and O–H groups in total. The average molecular weight is 323 g/mol. The van der Waals surface area contributed by atoms with Crippen LogP contribution in [-0.2, 0) is 0 Å². The van der Waals surface area contributed by atoms with Gasteiger partial charge >= 0.3 is 6.03 Å². The third-order valence-electron chi connectivity index (χ3n) is 3.08. The van der Waals surface area contributed by atoms with Gasteiger partial charge in [-0.15, -0.1) is 0 Å². The van der Waals surface area contributed by atoms with E-state index in [-0.39, 0.29) is 0 Å². The maximum Gasteiger partial charge on any atom is 0.325 e. The van der Waals surface area contributed by atoms with Crippen molar-refractivity contribution in [1.82, 2.24) is 9.97 Å². The number of aromatic nitrogens is 2. The normalized spacial score (nSPS) is 10.3. The first-order chi connectivity index (χ1) is 11.0. The van der Waals surface area contributed by atoms with Crippen LogP contribution in [0, 0.1) is 25.2 Å². The molecule has 3 rings (SSSR count). The molecule has 114 valence electrons. The van der Waals surface area contributed by atoms with Crippen LogP contribution in [0.15, 0.2) is 30.3 Å². The smallest absolute Gasteiger partial charge is 0.308 e. The fourth-order valence-corrected chi connectivity index (χ4v) is 3.02. The number of anilines is 2. The molecule has 1 aromatic carbocycles. The number of carbonyl (C=O) groups excluding carboxylic acids is 1. The van der Waals surface area contributed by atoms with Crippen LogP contribution >= 0.6 is 11.3 Å².